The maximum absolute atomic E-state index is 13.5. The summed E-state index contributed by atoms with van der Waals surface area (Å²) in [6.45, 7) is 0. The summed E-state index contributed by atoms with van der Waals surface area (Å²) in [6.07, 6.45) is 16.7. The molecule has 3 aromatic rings. The number of hydrogen-bond donors (Lipinski definition) is 2. The normalized spacial score (nSPS) is 26.5. The molecule has 2 unspecified atom stereocenters. The number of nitrogens with zero attached hydrogens (tertiary/aromatic N) is 4. The summed E-state index contributed by atoms with van der Waals surface area (Å²) in [4.78, 5) is 13.5. The highest BCUT2D eigenvalue weighted by atomic mass is 16.1. The molecule has 7 heteroatoms. The van der Waals surface area contributed by atoms with Crippen molar-refractivity contribution in [2.45, 2.75) is 107 Å². The second-order valence-electron chi connectivity index (χ2n) is 12.4. The van der Waals surface area contributed by atoms with Crippen LogP contribution in [0.5, 0.6) is 0 Å². The number of ketones is 1. The van der Waals surface area contributed by atoms with E-state index in [1.165, 1.54) is 44.9 Å². The Balaban J connectivity index is 1.37. The number of hydrogen-bond acceptors (Lipinski definition) is 6. The van der Waals surface area contributed by atoms with E-state index >= 15 is 0 Å². The lowest BCUT2D eigenvalue weighted by Gasteiger charge is -2.53. The molecule has 2 atom stereocenters. The van der Waals surface area contributed by atoms with Crippen molar-refractivity contribution in [3.05, 3.63) is 65.5 Å². The molecule has 0 radical (unpaired) electrons. The van der Waals surface area contributed by atoms with Crippen LogP contribution in [0.2, 0.25) is 0 Å². The molecule has 4 aliphatic rings. The summed E-state index contributed by atoms with van der Waals surface area (Å²) in [7, 11) is 0. The van der Waals surface area contributed by atoms with Gasteiger partial charge in [-0.15, -0.1) is 5.10 Å². The fourth-order valence-electron chi connectivity index (χ4n) is 8.36. The first-order valence-electron chi connectivity index (χ1n) is 15.3. The molecule has 2 heterocycles. The largest absolute Gasteiger partial charge is 0.378 e. The highest BCUT2D eigenvalue weighted by Gasteiger charge is 2.57. The summed E-state index contributed by atoms with van der Waals surface area (Å²) < 4.78 is 2.20. The van der Waals surface area contributed by atoms with Crippen molar-refractivity contribution in [1.29, 1.82) is 0 Å². The van der Waals surface area contributed by atoms with Crippen LogP contribution in [0.1, 0.15) is 118 Å². The molecule has 39 heavy (non-hydrogen) atoms. The minimum absolute atomic E-state index is 0.00871. The van der Waals surface area contributed by atoms with Gasteiger partial charge in [-0.05, 0) is 67.2 Å². The Morgan fingerprint density at radius 1 is 0.769 bits per heavy atom. The van der Waals surface area contributed by atoms with Gasteiger partial charge < -0.3 is 10.6 Å². The Kier molecular flexibility index (Phi) is 6.40. The third-order valence-electron chi connectivity index (χ3n) is 10.2. The van der Waals surface area contributed by atoms with Gasteiger partial charge >= 0.3 is 0 Å². The standard InChI is InChI=1S/C32H40N6O/c39-29(23-12-4-1-5-13-23)24-17-18-26-27(22-24)34-32(30-35-36-37-38(30)25-14-6-2-7-15-25)21-11-8-16-28(32)31(33-26)19-9-3-10-20-31/h1,4-5,12-13,17-18,22,25,28,33-34H,2-3,6-11,14-16,19-21H2. The van der Waals surface area contributed by atoms with E-state index < -0.39 is 0 Å². The quantitative estimate of drug-likeness (QED) is 0.356. The molecule has 2 N–H and O–H groups in total. The summed E-state index contributed by atoms with van der Waals surface area (Å²) >= 11 is 0. The van der Waals surface area contributed by atoms with Gasteiger partial charge in [-0.3, -0.25) is 4.79 Å². The Labute approximate surface area is 231 Å². The van der Waals surface area contributed by atoms with Crippen LogP contribution in [0.25, 0.3) is 0 Å². The number of nitrogens with one attached hydrogen (secondary N) is 2. The van der Waals surface area contributed by atoms with Crippen LogP contribution in [0.4, 0.5) is 11.4 Å². The molecule has 2 aromatic carbocycles. The molecule has 1 aromatic heterocycles. The van der Waals surface area contributed by atoms with E-state index in [-0.39, 0.29) is 16.9 Å². The highest BCUT2D eigenvalue weighted by molar-refractivity contribution is 6.10. The molecule has 0 amide bonds. The number of tetrazole rings is 1. The second-order valence-corrected chi connectivity index (χ2v) is 12.4. The van der Waals surface area contributed by atoms with Gasteiger partial charge in [0.05, 0.1) is 17.4 Å². The first-order valence-corrected chi connectivity index (χ1v) is 15.3. The predicted octanol–water partition coefficient (Wildman–Crippen LogP) is 7.04. The van der Waals surface area contributed by atoms with Crippen LogP contribution in [-0.4, -0.2) is 31.5 Å². The Hall–Kier alpha value is -3.22. The molecule has 1 aliphatic heterocycles. The molecule has 0 bridgehead atoms. The average molecular weight is 525 g/mol. The van der Waals surface area contributed by atoms with Crippen molar-refractivity contribution < 1.29 is 4.79 Å². The highest BCUT2D eigenvalue weighted by Crippen LogP contribution is 2.56. The van der Waals surface area contributed by atoms with Crippen LogP contribution in [0.3, 0.4) is 0 Å². The molecule has 0 saturated heterocycles. The number of aromatic nitrogens is 4. The van der Waals surface area contributed by atoms with Crippen molar-refractivity contribution in [2.24, 2.45) is 5.92 Å². The van der Waals surface area contributed by atoms with Crippen LogP contribution < -0.4 is 10.6 Å². The molecule has 3 fully saturated rings. The zero-order valence-electron chi connectivity index (χ0n) is 22.9. The zero-order valence-corrected chi connectivity index (χ0v) is 22.9. The van der Waals surface area contributed by atoms with E-state index in [0.29, 0.717) is 23.1 Å². The van der Waals surface area contributed by atoms with E-state index in [0.717, 1.165) is 62.1 Å². The molecule has 3 aliphatic carbocycles. The van der Waals surface area contributed by atoms with Crippen molar-refractivity contribution >= 4 is 17.2 Å². The SMILES string of the molecule is O=C(c1ccccc1)c1ccc2c(c1)NC1(c3nnnn3C3CCCCC3)CCCCC1C1(CCCCC1)N2. The number of carbonyl (C=O) groups is 1. The Morgan fingerprint density at radius 2 is 1.51 bits per heavy atom. The van der Waals surface area contributed by atoms with E-state index in [9.17, 15) is 4.79 Å². The van der Waals surface area contributed by atoms with Gasteiger partial charge in [-0.1, -0.05) is 81.7 Å². The molecule has 1 spiro atoms. The van der Waals surface area contributed by atoms with Crippen LogP contribution in [0.15, 0.2) is 48.5 Å². The summed E-state index contributed by atoms with van der Waals surface area (Å²) in [6, 6.07) is 16.2. The number of carbonyl (C=O) groups excluding carboxylic acids is 1. The van der Waals surface area contributed by atoms with Gasteiger partial charge in [0.25, 0.3) is 0 Å². The number of benzene rings is 2. The van der Waals surface area contributed by atoms with Gasteiger partial charge in [0, 0.05) is 22.6 Å². The summed E-state index contributed by atoms with van der Waals surface area (Å²) in [5, 5.41) is 22.0. The van der Waals surface area contributed by atoms with Gasteiger partial charge in [0.2, 0.25) is 0 Å². The minimum Gasteiger partial charge on any atom is -0.378 e. The van der Waals surface area contributed by atoms with E-state index in [1.807, 2.05) is 36.4 Å². The van der Waals surface area contributed by atoms with Crippen molar-refractivity contribution in [3.63, 3.8) is 0 Å². The third-order valence-corrected chi connectivity index (χ3v) is 10.2. The summed E-state index contributed by atoms with van der Waals surface area (Å²) in [5.74, 6) is 1.43. The lowest BCUT2D eigenvalue weighted by Crippen LogP contribution is -2.59. The van der Waals surface area contributed by atoms with E-state index in [4.69, 9.17) is 5.10 Å². The first kappa shape index (κ1) is 24.8. The zero-order chi connectivity index (χ0) is 26.3. The van der Waals surface area contributed by atoms with E-state index in [1.54, 1.807) is 0 Å². The van der Waals surface area contributed by atoms with Gasteiger partial charge in [0.1, 0.15) is 5.54 Å². The van der Waals surface area contributed by atoms with Gasteiger partial charge in [0.15, 0.2) is 11.6 Å². The summed E-state index contributed by atoms with van der Waals surface area (Å²) in [5.41, 5.74) is 3.16. The van der Waals surface area contributed by atoms with Crippen molar-refractivity contribution in [3.8, 4) is 0 Å². The second kappa shape index (κ2) is 10.1. The van der Waals surface area contributed by atoms with Crippen molar-refractivity contribution in [2.75, 3.05) is 10.6 Å². The fraction of sp³-hybridized carbons (Fsp3) is 0.562. The number of rotatable bonds is 4. The maximum Gasteiger partial charge on any atom is 0.193 e. The topological polar surface area (TPSA) is 84.7 Å². The van der Waals surface area contributed by atoms with Crippen LogP contribution in [-0.2, 0) is 5.54 Å². The fourth-order valence-corrected chi connectivity index (χ4v) is 8.36. The smallest absolute Gasteiger partial charge is 0.193 e. The molecule has 3 saturated carbocycles. The van der Waals surface area contributed by atoms with E-state index in [2.05, 4.69) is 37.9 Å². The molecule has 7 nitrogen and oxygen atoms in total. The first-order chi connectivity index (χ1) is 19.2. The third kappa shape index (κ3) is 4.25. The molecular formula is C32H40N6O. The predicted molar refractivity (Wildman–Crippen MR) is 153 cm³/mol. The lowest BCUT2D eigenvalue weighted by molar-refractivity contribution is 0.0906. The number of anilines is 2. The monoisotopic (exact) mass is 524 g/mol. The van der Waals surface area contributed by atoms with Gasteiger partial charge in [-0.25, -0.2) is 4.68 Å². The maximum atomic E-state index is 13.5. The van der Waals surface area contributed by atoms with Crippen LogP contribution >= 0.6 is 0 Å². The number of fused-ring (bicyclic) bond motifs is 3. The Bertz CT molecular complexity index is 1320. The average Bonchev–Trinajstić information content (AvgIpc) is 3.46. The lowest BCUT2D eigenvalue weighted by atomic mass is 9.59. The molecule has 204 valence electrons. The van der Waals surface area contributed by atoms with Gasteiger partial charge in [-0.2, -0.15) is 0 Å². The Morgan fingerprint density at radius 3 is 2.33 bits per heavy atom. The minimum atomic E-state index is -0.372. The molecule has 7 rings (SSSR count). The van der Waals surface area contributed by atoms with Crippen LogP contribution in [0, 0.1) is 5.92 Å². The van der Waals surface area contributed by atoms with Crippen molar-refractivity contribution in [1.82, 2.24) is 20.2 Å². The molecular weight excluding hydrogens is 484 g/mol.